The summed E-state index contributed by atoms with van der Waals surface area (Å²) in [6, 6.07) is 10.9. The molecule has 1 aromatic heterocycles. The van der Waals surface area contributed by atoms with Gasteiger partial charge in [0.25, 0.3) is 10.0 Å². The smallest absolute Gasteiger partial charge is 0.262 e. The van der Waals surface area contributed by atoms with Gasteiger partial charge >= 0.3 is 0 Å². The van der Waals surface area contributed by atoms with Crippen LogP contribution in [0.4, 0.5) is 10.1 Å². The summed E-state index contributed by atoms with van der Waals surface area (Å²) in [7, 11) is -7.89. The predicted octanol–water partition coefficient (Wildman–Crippen LogP) is 3.62. The van der Waals surface area contributed by atoms with Gasteiger partial charge in [-0.15, -0.1) is 11.3 Å². The molecule has 11 heteroatoms. The third kappa shape index (κ3) is 4.71. The number of aliphatic hydroxyl groups is 2. The van der Waals surface area contributed by atoms with E-state index in [0.29, 0.717) is 16.0 Å². The second-order valence-corrected chi connectivity index (χ2v) is 12.3. The monoisotopic (exact) mass is 497 g/mol. The molecule has 1 heterocycles. The van der Waals surface area contributed by atoms with Crippen molar-refractivity contribution in [3.05, 3.63) is 64.8 Å². The molecule has 0 atom stereocenters. The maximum atomic E-state index is 13.6. The number of hydrogen-bond donors (Lipinski definition) is 3. The van der Waals surface area contributed by atoms with Crippen molar-refractivity contribution >= 4 is 36.9 Å². The first-order valence-electron chi connectivity index (χ1n) is 9.58. The zero-order valence-electron chi connectivity index (χ0n) is 16.8. The number of rotatable bonds is 7. The molecule has 1 aliphatic rings. The largest absolute Gasteiger partial charge is 0.364 e. The highest BCUT2D eigenvalue weighted by atomic mass is 32.2. The average Bonchev–Trinajstić information content (AvgIpc) is 3.47. The Bertz CT molecular complexity index is 1390. The Morgan fingerprint density at radius 1 is 1.03 bits per heavy atom. The van der Waals surface area contributed by atoms with Crippen LogP contribution in [0.25, 0.3) is 10.4 Å². The van der Waals surface area contributed by atoms with E-state index in [1.54, 1.807) is 6.07 Å². The van der Waals surface area contributed by atoms with Crippen LogP contribution in [0.2, 0.25) is 0 Å². The van der Waals surface area contributed by atoms with Crippen molar-refractivity contribution in [2.45, 2.75) is 34.8 Å². The highest BCUT2D eigenvalue weighted by molar-refractivity contribution is 7.92. The normalized spacial score (nSPS) is 14.7. The molecule has 0 radical (unpaired) electrons. The number of hydrogen-bond acceptors (Lipinski definition) is 7. The van der Waals surface area contributed by atoms with Crippen molar-refractivity contribution in [2.75, 3.05) is 11.0 Å². The van der Waals surface area contributed by atoms with Crippen LogP contribution in [0.5, 0.6) is 0 Å². The molecule has 0 aliphatic heterocycles. The zero-order valence-corrected chi connectivity index (χ0v) is 19.3. The third-order valence-corrected chi connectivity index (χ3v) is 8.58. The first kappa shape index (κ1) is 22.9. The average molecular weight is 498 g/mol. The summed E-state index contributed by atoms with van der Waals surface area (Å²) in [6.45, 7) is 0. The Balaban J connectivity index is 1.85. The lowest BCUT2D eigenvalue weighted by molar-refractivity contribution is -0.0426. The fraction of sp³-hybridized carbons (Fsp3) is 0.238. The molecule has 1 saturated carbocycles. The van der Waals surface area contributed by atoms with Crippen molar-refractivity contribution in [2.24, 2.45) is 0 Å². The molecule has 0 amide bonds. The fourth-order valence-electron chi connectivity index (χ4n) is 3.39. The van der Waals surface area contributed by atoms with Gasteiger partial charge in [0.1, 0.15) is 0 Å². The Morgan fingerprint density at radius 3 is 2.31 bits per heavy atom. The van der Waals surface area contributed by atoms with Gasteiger partial charge in [-0.05, 0) is 54.7 Å². The van der Waals surface area contributed by atoms with Crippen molar-refractivity contribution in [1.29, 1.82) is 0 Å². The van der Waals surface area contributed by atoms with E-state index in [9.17, 15) is 31.4 Å². The van der Waals surface area contributed by atoms with Crippen molar-refractivity contribution in [3.8, 4) is 10.4 Å². The Hall–Kier alpha value is -2.31. The van der Waals surface area contributed by atoms with Gasteiger partial charge in [0.05, 0.1) is 15.5 Å². The van der Waals surface area contributed by atoms with E-state index in [1.165, 1.54) is 42.5 Å². The van der Waals surface area contributed by atoms with E-state index in [-0.39, 0.29) is 27.0 Å². The maximum absolute atomic E-state index is 13.6. The minimum Gasteiger partial charge on any atom is -0.364 e. The number of anilines is 1. The van der Waals surface area contributed by atoms with Crippen LogP contribution < -0.4 is 4.72 Å². The summed E-state index contributed by atoms with van der Waals surface area (Å²) in [4.78, 5) is 0.207. The second-order valence-electron chi connectivity index (χ2n) is 7.63. The van der Waals surface area contributed by atoms with E-state index < -0.39 is 31.3 Å². The summed E-state index contributed by atoms with van der Waals surface area (Å²) in [5, 5.41) is 18.5. The molecule has 32 heavy (non-hydrogen) atoms. The molecule has 4 rings (SSSR count). The Morgan fingerprint density at radius 2 is 1.75 bits per heavy atom. The van der Waals surface area contributed by atoms with Gasteiger partial charge in [0, 0.05) is 22.3 Å². The molecule has 0 spiro atoms. The number of sulfonamides is 1. The Labute approximate surface area is 189 Å². The number of thiophene rings is 1. The van der Waals surface area contributed by atoms with Crippen molar-refractivity contribution < 1.29 is 31.4 Å². The molecule has 170 valence electrons. The molecule has 0 bridgehead atoms. The van der Waals surface area contributed by atoms with E-state index in [1.807, 2.05) is 0 Å². The molecule has 3 N–H and O–H groups in total. The predicted molar refractivity (Wildman–Crippen MR) is 119 cm³/mol. The maximum Gasteiger partial charge on any atom is 0.262 e. The molecule has 0 unspecified atom stereocenters. The Kier molecular flexibility index (Phi) is 5.88. The number of aliphatic hydroxyl groups excluding tert-OH is 1. The van der Waals surface area contributed by atoms with Gasteiger partial charge in [-0.1, -0.05) is 18.2 Å². The van der Waals surface area contributed by atoms with Crippen LogP contribution >= 0.6 is 11.3 Å². The molecule has 1 fully saturated rings. The van der Waals surface area contributed by atoms with Crippen LogP contribution in [-0.4, -0.2) is 33.3 Å². The number of nitrogens with one attached hydrogen (secondary N) is 1. The van der Waals surface area contributed by atoms with E-state index in [0.717, 1.165) is 30.4 Å². The third-order valence-electron chi connectivity index (χ3n) is 5.14. The standard InChI is InChI=1S/C21H20FNO6S3/c1-31(26,27)14-5-7-16(18-8-9-20(22)30-18)17(11-14)23-32(28,29)19-10-13(21(24)25)4-6-15(19)12-2-3-12/h4-12,21,23-25H,2-3H2,1H3. The molecule has 7 nitrogen and oxygen atoms in total. The lowest BCUT2D eigenvalue weighted by Gasteiger charge is -2.17. The van der Waals surface area contributed by atoms with Gasteiger partial charge in [0.15, 0.2) is 21.3 Å². The summed E-state index contributed by atoms with van der Waals surface area (Å²) >= 11 is 0.798. The number of halogens is 1. The van der Waals surface area contributed by atoms with Crippen LogP contribution in [-0.2, 0) is 19.9 Å². The number of sulfone groups is 1. The van der Waals surface area contributed by atoms with E-state index in [2.05, 4.69) is 4.72 Å². The lowest BCUT2D eigenvalue weighted by atomic mass is 10.1. The summed E-state index contributed by atoms with van der Waals surface area (Å²) in [6.07, 6.45) is 0.776. The molecule has 1 aliphatic carbocycles. The quantitative estimate of drug-likeness (QED) is 0.429. The molecule has 2 aromatic carbocycles. The van der Waals surface area contributed by atoms with Crippen LogP contribution in [0.15, 0.2) is 58.3 Å². The summed E-state index contributed by atoms with van der Waals surface area (Å²) in [5.74, 6) is 0.0414. The van der Waals surface area contributed by atoms with Crippen LogP contribution in [0, 0.1) is 5.13 Å². The van der Waals surface area contributed by atoms with E-state index in [4.69, 9.17) is 0 Å². The van der Waals surface area contributed by atoms with Crippen LogP contribution in [0.3, 0.4) is 0 Å². The molecular weight excluding hydrogens is 477 g/mol. The molecular formula is C21H20FNO6S3. The van der Waals surface area contributed by atoms with Gasteiger partial charge < -0.3 is 10.2 Å². The minimum absolute atomic E-state index is 0.0141. The van der Waals surface area contributed by atoms with E-state index >= 15 is 0 Å². The SMILES string of the molecule is CS(=O)(=O)c1ccc(-c2ccc(F)s2)c(NS(=O)(=O)c2cc(C(O)O)ccc2C2CC2)c1. The van der Waals surface area contributed by atoms with Crippen LogP contribution in [0.1, 0.15) is 36.2 Å². The highest BCUT2D eigenvalue weighted by Gasteiger charge is 2.31. The molecule has 0 saturated heterocycles. The van der Waals surface area contributed by atoms with Gasteiger partial charge in [-0.2, -0.15) is 4.39 Å². The van der Waals surface area contributed by atoms with Crippen molar-refractivity contribution in [3.63, 3.8) is 0 Å². The van der Waals surface area contributed by atoms with Gasteiger partial charge in [0.2, 0.25) is 0 Å². The summed E-state index contributed by atoms with van der Waals surface area (Å²) in [5.41, 5.74) is 0.859. The second kappa shape index (κ2) is 8.23. The zero-order chi connectivity index (χ0) is 23.3. The number of benzene rings is 2. The van der Waals surface area contributed by atoms with Gasteiger partial charge in [-0.25, -0.2) is 16.8 Å². The van der Waals surface area contributed by atoms with Crippen molar-refractivity contribution in [1.82, 2.24) is 0 Å². The van der Waals surface area contributed by atoms with Gasteiger partial charge in [-0.3, -0.25) is 4.72 Å². The highest BCUT2D eigenvalue weighted by Crippen LogP contribution is 2.44. The summed E-state index contributed by atoms with van der Waals surface area (Å²) < 4.78 is 66.9. The first-order chi connectivity index (χ1) is 15.0. The lowest BCUT2D eigenvalue weighted by Crippen LogP contribution is -2.16. The fourth-order valence-corrected chi connectivity index (χ4v) is 6.21. The minimum atomic E-state index is -4.25. The molecule has 3 aromatic rings. The first-order valence-corrected chi connectivity index (χ1v) is 13.8. The topological polar surface area (TPSA) is 121 Å².